The third kappa shape index (κ3) is 4.77. The van der Waals surface area contributed by atoms with Crippen molar-refractivity contribution in [3.05, 3.63) is 29.3 Å². The highest BCUT2D eigenvalue weighted by Crippen LogP contribution is 2.20. The van der Waals surface area contributed by atoms with Gasteiger partial charge in [-0.15, -0.1) is 0 Å². The number of aliphatic carboxylic acids is 1. The van der Waals surface area contributed by atoms with Crippen LogP contribution in [-0.2, 0) is 19.6 Å². The SMILES string of the molecule is COC(=O)c1cccc(S(=O)(=O)N[C@H](CC(C)C)C(=O)O)c1C. The van der Waals surface area contributed by atoms with Crippen molar-refractivity contribution < 1.29 is 27.9 Å². The molecule has 0 aliphatic heterocycles. The standard InChI is InChI=1S/C15H21NO6S/c1-9(2)8-12(14(17)18)16-23(20,21)13-7-5-6-11(10(13)3)15(19)22-4/h5-7,9,12,16H,8H2,1-4H3,(H,17,18)/t12-/m1/s1. The van der Waals surface area contributed by atoms with Gasteiger partial charge in [-0.25, -0.2) is 13.2 Å². The number of nitrogens with one attached hydrogen (secondary N) is 1. The zero-order chi connectivity index (χ0) is 17.8. The second-order valence-corrected chi connectivity index (χ2v) is 7.24. The second kappa shape index (κ2) is 7.56. The maximum Gasteiger partial charge on any atom is 0.338 e. The normalized spacial score (nSPS) is 12.9. The Morgan fingerprint density at radius 2 is 1.91 bits per heavy atom. The van der Waals surface area contributed by atoms with Gasteiger partial charge in [-0.2, -0.15) is 4.72 Å². The summed E-state index contributed by atoms with van der Waals surface area (Å²) in [6.07, 6.45) is 0.157. The Morgan fingerprint density at radius 3 is 2.39 bits per heavy atom. The van der Waals surface area contributed by atoms with E-state index >= 15 is 0 Å². The molecule has 0 heterocycles. The van der Waals surface area contributed by atoms with Crippen LogP contribution in [0.2, 0.25) is 0 Å². The molecule has 0 aliphatic carbocycles. The van der Waals surface area contributed by atoms with E-state index in [1.807, 2.05) is 0 Å². The molecule has 2 N–H and O–H groups in total. The summed E-state index contributed by atoms with van der Waals surface area (Å²) in [6, 6.07) is 2.94. The Bertz CT molecular complexity index is 696. The lowest BCUT2D eigenvalue weighted by molar-refractivity contribution is -0.139. The number of ether oxygens (including phenoxy) is 1. The smallest absolute Gasteiger partial charge is 0.338 e. The number of esters is 1. The van der Waals surface area contributed by atoms with Crippen LogP contribution in [0.3, 0.4) is 0 Å². The van der Waals surface area contributed by atoms with Crippen LogP contribution in [0.1, 0.15) is 36.2 Å². The van der Waals surface area contributed by atoms with Crippen LogP contribution in [0.25, 0.3) is 0 Å². The minimum absolute atomic E-state index is 0.00120. The number of benzene rings is 1. The van der Waals surface area contributed by atoms with E-state index in [-0.39, 0.29) is 28.4 Å². The fourth-order valence-electron chi connectivity index (χ4n) is 2.16. The maximum atomic E-state index is 12.5. The molecule has 1 atom stereocenters. The maximum absolute atomic E-state index is 12.5. The van der Waals surface area contributed by atoms with E-state index in [1.54, 1.807) is 13.8 Å². The Kier molecular flexibility index (Phi) is 6.28. The van der Waals surface area contributed by atoms with Crippen molar-refractivity contribution in [2.45, 2.75) is 38.1 Å². The fraction of sp³-hybridized carbons (Fsp3) is 0.467. The number of hydrogen-bond acceptors (Lipinski definition) is 5. The fourth-order valence-corrected chi connectivity index (χ4v) is 3.63. The quantitative estimate of drug-likeness (QED) is 0.727. The first-order valence-electron chi connectivity index (χ1n) is 7.03. The number of carboxylic acids is 1. The minimum atomic E-state index is -4.08. The second-order valence-electron chi connectivity index (χ2n) is 5.56. The van der Waals surface area contributed by atoms with Crippen molar-refractivity contribution in [3.8, 4) is 0 Å². The zero-order valence-electron chi connectivity index (χ0n) is 13.5. The molecule has 0 bridgehead atoms. The molecule has 8 heteroatoms. The van der Waals surface area contributed by atoms with Crippen LogP contribution in [0.5, 0.6) is 0 Å². The highest BCUT2D eigenvalue weighted by atomic mass is 32.2. The van der Waals surface area contributed by atoms with E-state index in [0.29, 0.717) is 0 Å². The monoisotopic (exact) mass is 343 g/mol. The lowest BCUT2D eigenvalue weighted by Crippen LogP contribution is -2.41. The average Bonchev–Trinajstić information content (AvgIpc) is 2.45. The predicted octanol–water partition coefficient (Wildman–Crippen LogP) is 1.56. The summed E-state index contributed by atoms with van der Waals surface area (Å²) in [4.78, 5) is 22.8. The van der Waals surface area contributed by atoms with Crippen LogP contribution in [0.15, 0.2) is 23.1 Å². The predicted molar refractivity (Wildman–Crippen MR) is 83.7 cm³/mol. The first-order valence-corrected chi connectivity index (χ1v) is 8.51. The summed E-state index contributed by atoms with van der Waals surface area (Å²) in [5, 5.41) is 9.18. The van der Waals surface area contributed by atoms with Crippen molar-refractivity contribution >= 4 is 22.0 Å². The molecule has 7 nitrogen and oxygen atoms in total. The van der Waals surface area contributed by atoms with Gasteiger partial charge in [0, 0.05) is 0 Å². The Morgan fingerprint density at radius 1 is 1.30 bits per heavy atom. The summed E-state index contributed by atoms with van der Waals surface area (Å²) >= 11 is 0. The molecule has 0 saturated heterocycles. The Hall–Kier alpha value is -1.93. The molecule has 0 fully saturated rings. The van der Waals surface area contributed by atoms with E-state index < -0.39 is 28.0 Å². The number of rotatable bonds is 7. The van der Waals surface area contributed by atoms with Crippen molar-refractivity contribution in [3.63, 3.8) is 0 Å². The molecule has 23 heavy (non-hydrogen) atoms. The molecular formula is C15H21NO6S. The summed E-state index contributed by atoms with van der Waals surface area (Å²) in [7, 11) is -2.88. The van der Waals surface area contributed by atoms with E-state index in [1.165, 1.54) is 32.2 Å². The minimum Gasteiger partial charge on any atom is -0.480 e. The van der Waals surface area contributed by atoms with Gasteiger partial charge in [0.15, 0.2) is 0 Å². The Balaban J connectivity index is 3.23. The summed E-state index contributed by atoms with van der Waals surface area (Å²) in [5.74, 6) is -1.90. The molecule has 1 rings (SSSR count). The third-order valence-corrected chi connectivity index (χ3v) is 4.90. The lowest BCUT2D eigenvalue weighted by atomic mass is 10.1. The van der Waals surface area contributed by atoms with Gasteiger partial charge in [0.05, 0.1) is 17.6 Å². The molecule has 0 amide bonds. The number of carbonyl (C=O) groups excluding carboxylic acids is 1. The van der Waals surface area contributed by atoms with Gasteiger partial charge in [-0.05, 0) is 37.0 Å². The summed E-state index contributed by atoms with van der Waals surface area (Å²) in [5.41, 5.74) is 0.326. The van der Waals surface area contributed by atoms with Crippen LogP contribution < -0.4 is 4.72 Å². The van der Waals surface area contributed by atoms with Gasteiger partial charge in [0.1, 0.15) is 6.04 Å². The molecule has 0 aromatic heterocycles. The number of methoxy groups -OCH3 is 1. The van der Waals surface area contributed by atoms with E-state index in [4.69, 9.17) is 0 Å². The largest absolute Gasteiger partial charge is 0.480 e. The molecule has 1 aromatic rings. The summed E-state index contributed by atoms with van der Waals surface area (Å²) in [6.45, 7) is 5.07. The van der Waals surface area contributed by atoms with Crippen molar-refractivity contribution in [1.82, 2.24) is 4.72 Å². The van der Waals surface area contributed by atoms with Gasteiger partial charge >= 0.3 is 11.9 Å². The van der Waals surface area contributed by atoms with E-state index in [2.05, 4.69) is 9.46 Å². The van der Waals surface area contributed by atoms with Crippen molar-refractivity contribution in [2.75, 3.05) is 7.11 Å². The topological polar surface area (TPSA) is 110 Å². The van der Waals surface area contributed by atoms with E-state index in [9.17, 15) is 23.1 Å². The lowest BCUT2D eigenvalue weighted by Gasteiger charge is -2.18. The number of carboxylic acid groups (broad SMARTS) is 1. The highest BCUT2D eigenvalue weighted by molar-refractivity contribution is 7.89. The van der Waals surface area contributed by atoms with Gasteiger partial charge < -0.3 is 9.84 Å². The first-order chi connectivity index (χ1) is 10.6. The Labute approximate surface area is 135 Å². The van der Waals surface area contributed by atoms with Crippen LogP contribution >= 0.6 is 0 Å². The van der Waals surface area contributed by atoms with Gasteiger partial charge in [-0.1, -0.05) is 19.9 Å². The van der Waals surface area contributed by atoms with Gasteiger partial charge in [0.2, 0.25) is 10.0 Å². The molecule has 0 aliphatic rings. The third-order valence-electron chi connectivity index (χ3n) is 3.28. The first kappa shape index (κ1) is 19.1. The molecule has 0 radical (unpaired) electrons. The number of hydrogen-bond donors (Lipinski definition) is 2. The zero-order valence-corrected chi connectivity index (χ0v) is 14.3. The molecular weight excluding hydrogens is 322 g/mol. The van der Waals surface area contributed by atoms with Crippen molar-refractivity contribution in [1.29, 1.82) is 0 Å². The van der Waals surface area contributed by atoms with Crippen LogP contribution in [-0.4, -0.2) is 38.6 Å². The molecule has 1 aromatic carbocycles. The van der Waals surface area contributed by atoms with Crippen molar-refractivity contribution in [2.24, 2.45) is 5.92 Å². The molecule has 0 unspecified atom stereocenters. The summed E-state index contributed by atoms with van der Waals surface area (Å²) < 4.78 is 31.8. The molecule has 0 saturated carbocycles. The molecule has 0 spiro atoms. The van der Waals surface area contributed by atoms with Crippen LogP contribution in [0, 0.1) is 12.8 Å². The van der Waals surface area contributed by atoms with Crippen LogP contribution in [0.4, 0.5) is 0 Å². The number of carbonyl (C=O) groups is 2. The molecule has 128 valence electrons. The highest BCUT2D eigenvalue weighted by Gasteiger charge is 2.28. The number of sulfonamides is 1. The van der Waals surface area contributed by atoms with Gasteiger partial charge in [0.25, 0.3) is 0 Å². The van der Waals surface area contributed by atoms with E-state index in [0.717, 1.165) is 0 Å². The van der Waals surface area contributed by atoms with Gasteiger partial charge in [-0.3, -0.25) is 4.79 Å². The average molecular weight is 343 g/mol.